The van der Waals surface area contributed by atoms with E-state index in [0.717, 1.165) is 16.7 Å². The lowest BCUT2D eigenvalue weighted by molar-refractivity contribution is -0.141. The maximum atomic E-state index is 12.4. The Bertz CT molecular complexity index is 2420. The highest BCUT2D eigenvalue weighted by molar-refractivity contribution is 5.97. The van der Waals surface area contributed by atoms with Crippen molar-refractivity contribution in [2.75, 3.05) is 28.4 Å². The molecule has 3 aromatic rings. The number of aryl methyl sites for hydroxylation is 2. The number of hydrogen-bond donors (Lipinski definition) is 4. The molecule has 0 unspecified atom stereocenters. The van der Waals surface area contributed by atoms with Crippen LogP contribution >= 0.6 is 0 Å². The molecule has 4 N–H and O–H groups in total. The molecule has 2 aliphatic rings. The van der Waals surface area contributed by atoms with Gasteiger partial charge in [0.1, 0.15) is 0 Å². The first-order valence-electron chi connectivity index (χ1n) is 18.6. The van der Waals surface area contributed by atoms with E-state index < -0.39 is 48.7 Å². The van der Waals surface area contributed by atoms with Gasteiger partial charge in [-0.1, -0.05) is 0 Å². The number of nitrogens with one attached hydrogen (secondary N) is 2. The predicted molar refractivity (Wildman–Crippen MR) is 212 cm³/mol. The van der Waals surface area contributed by atoms with Gasteiger partial charge in [-0.15, -0.1) is 0 Å². The molecule has 16 heteroatoms. The van der Waals surface area contributed by atoms with Gasteiger partial charge in [0.15, 0.2) is 0 Å². The Morgan fingerprint density at radius 3 is 1.22 bits per heavy atom. The Hall–Kier alpha value is -6.58. The van der Waals surface area contributed by atoms with Crippen LogP contribution in [-0.2, 0) is 73.4 Å². The summed E-state index contributed by atoms with van der Waals surface area (Å²) in [5.41, 5.74) is 8.30. The average Bonchev–Trinajstić information content (AvgIpc) is 3.86. The number of carboxylic acids is 2. The predicted octanol–water partition coefficient (Wildman–Crippen LogP) is 5.55. The quantitative estimate of drug-likeness (QED) is 0.103. The van der Waals surface area contributed by atoms with E-state index in [9.17, 15) is 39.0 Å². The van der Waals surface area contributed by atoms with Crippen LogP contribution < -0.4 is 0 Å². The number of ether oxygens (including phenoxy) is 4. The van der Waals surface area contributed by atoms with E-state index in [2.05, 4.69) is 9.97 Å². The van der Waals surface area contributed by atoms with Crippen molar-refractivity contribution in [1.82, 2.24) is 19.9 Å². The molecule has 0 atom stereocenters. The first-order valence-corrected chi connectivity index (χ1v) is 18.6. The molecule has 0 fully saturated rings. The fraction of sp³-hybridized carbons (Fsp3) is 0.381. The molecule has 0 aromatic carbocycles. The third-order valence-electron chi connectivity index (χ3n) is 10.3. The second kappa shape index (κ2) is 18.6. The van der Waals surface area contributed by atoms with Gasteiger partial charge in [0.05, 0.1) is 64.1 Å². The lowest BCUT2D eigenvalue weighted by atomic mass is 9.98. The summed E-state index contributed by atoms with van der Waals surface area (Å²) in [5.74, 6) is -4.15. The molecule has 0 saturated heterocycles. The number of hydrogen-bond acceptors (Lipinski definition) is 12. The molecule has 0 radical (unpaired) electrons. The summed E-state index contributed by atoms with van der Waals surface area (Å²) in [6.07, 6.45) is -0.224. The van der Waals surface area contributed by atoms with E-state index in [1.807, 2.05) is 13.8 Å². The smallest absolute Gasteiger partial charge is 0.307 e. The molecule has 5 rings (SSSR count). The van der Waals surface area contributed by atoms with Crippen LogP contribution in [0.3, 0.4) is 0 Å². The Balaban J connectivity index is 1.98. The summed E-state index contributed by atoms with van der Waals surface area (Å²) in [4.78, 5) is 91.0. The van der Waals surface area contributed by atoms with Crippen molar-refractivity contribution in [2.45, 2.75) is 78.1 Å². The summed E-state index contributed by atoms with van der Waals surface area (Å²) in [7, 11) is 5.13. The number of rotatable bonds is 16. The number of aliphatic carboxylic acids is 2. The van der Waals surface area contributed by atoms with Gasteiger partial charge in [0, 0.05) is 47.8 Å². The van der Waals surface area contributed by atoms with Gasteiger partial charge in [-0.05, 0) is 108 Å². The van der Waals surface area contributed by atoms with E-state index in [0.29, 0.717) is 72.7 Å². The molecule has 0 saturated carbocycles. The minimum absolute atomic E-state index is 0.0380. The minimum atomic E-state index is -1.14. The largest absolute Gasteiger partial charge is 0.481 e. The number of esters is 4. The topological polar surface area (TPSA) is 237 Å². The van der Waals surface area contributed by atoms with E-state index >= 15 is 0 Å². The molecular formula is C42H46N4O12. The summed E-state index contributed by atoms with van der Waals surface area (Å²) in [6.45, 7) is 3.72. The highest BCUT2D eigenvalue weighted by Crippen LogP contribution is 2.38. The van der Waals surface area contributed by atoms with Crippen LogP contribution in [0.2, 0.25) is 0 Å². The van der Waals surface area contributed by atoms with Crippen LogP contribution in [0.4, 0.5) is 0 Å². The molecule has 58 heavy (non-hydrogen) atoms. The maximum Gasteiger partial charge on any atom is 0.307 e. The van der Waals surface area contributed by atoms with Crippen LogP contribution in [0.5, 0.6) is 0 Å². The number of carbonyl (C=O) groups is 6. The summed E-state index contributed by atoms with van der Waals surface area (Å²) >= 11 is 0. The van der Waals surface area contributed by atoms with Crippen molar-refractivity contribution >= 4 is 80.2 Å². The van der Waals surface area contributed by atoms with Gasteiger partial charge in [0.2, 0.25) is 0 Å². The monoisotopic (exact) mass is 798 g/mol. The second-order valence-corrected chi connectivity index (χ2v) is 13.8. The minimum Gasteiger partial charge on any atom is -0.481 e. The molecule has 16 nitrogen and oxygen atoms in total. The molecule has 0 aliphatic carbocycles. The zero-order valence-electron chi connectivity index (χ0n) is 33.3. The summed E-state index contributed by atoms with van der Waals surface area (Å²) in [5, 5.41) is 20.3. The Labute approximate surface area is 333 Å². The number of fused-ring (bicyclic) bond motifs is 8. The van der Waals surface area contributed by atoms with Gasteiger partial charge >= 0.3 is 35.8 Å². The van der Waals surface area contributed by atoms with Crippen molar-refractivity contribution in [3.63, 3.8) is 0 Å². The number of aromatic nitrogens is 4. The van der Waals surface area contributed by atoms with E-state index in [1.54, 1.807) is 24.3 Å². The van der Waals surface area contributed by atoms with E-state index in [-0.39, 0.29) is 51.4 Å². The standard InChI is InChI=1S/C42H46N4O12/c1-21-23(7-11-39(51)55-3)31-17-29-22(2)24(8-12-40(52)56-4)32(44-29)19-35-28(16-38(49)50)26(10-14-42(54)58-6)34(46-35)20-36-27(15-37(47)48)25(9-13-41(53)57-5)33(45-36)18-30(21)43-31/h17-20,45-46H,7-16H2,1-6H3,(H,47,48)(H,49,50). The van der Waals surface area contributed by atoms with Gasteiger partial charge in [-0.3, -0.25) is 28.8 Å². The highest BCUT2D eigenvalue weighted by atomic mass is 16.5. The SMILES string of the molecule is COC(=O)CCC1=C(C)c2cc3[nH]c(cc4[nH]c(cc5nc(cc1n2)C(C)=C5CCC(=O)OC)c(CC(=O)O)c4CCC(=O)OC)c(CC(=O)O)c3CCC(=O)OC. The molecule has 5 heterocycles. The third-order valence-corrected chi connectivity index (χ3v) is 10.3. The first kappa shape index (κ1) is 42.6. The van der Waals surface area contributed by atoms with Gasteiger partial charge in [0.25, 0.3) is 0 Å². The van der Waals surface area contributed by atoms with Crippen molar-refractivity contribution in [3.8, 4) is 0 Å². The van der Waals surface area contributed by atoms with Gasteiger partial charge in [-0.2, -0.15) is 0 Å². The fourth-order valence-corrected chi connectivity index (χ4v) is 7.28. The van der Waals surface area contributed by atoms with Crippen molar-refractivity contribution < 1.29 is 57.9 Å². The number of allylic oxidation sites excluding steroid dienone is 4. The number of aromatic amines is 2. The Morgan fingerprint density at radius 2 is 0.810 bits per heavy atom. The molecule has 2 aliphatic heterocycles. The van der Waals surface area contributed by atoms with Crippen molar-refractivity contribution in [3.05, 3.63) is 69.3 Å². The van der Waals surface area contributed by atoms with E-state index in [4.69, 9.17) is 28.9 Å². The lowest BCUT2D eigenvalue weighted by Gasteiger charge is -2.05. The molecule has 0 amide bonds. The molecule has 306 valence electrons. The maximum absolute atomic E-state index is 12.4. The number of H-pyrrole nitrogens is 2. The molecule has 0 spiro atoms. The van der Waals surface area contributed by atoms with Crippen LogP contribution in [-0.4, -0.2) is 94.4 Å². The normalized spacial score (nSPS) is 12.4. The average molecular weight is 799 g/mol. The zero-order chi connectivity index (χ0) is 42.3. The summed E-state index contributed by atoms with van der Waals surface area (Å²) in [6, 6.07) is 6.91. The van der Waals surface area contributed by atoms with Crippen LogP contribution in [0.1, 0.15) is 97.4 Å². The second-order valence-electron chi connectivity index (χ2n) is 13.8. The van der Waals surface area contributed by atoms with Crippen LogP contribution in [0.25, 0.3) is 44.4 Å². The van der Waals surface area contributed by atoms with E-state index in [1.165, 1.54) is 28.4 Å². The molecule has 3 aromatic heterocycles. The Morgan fingerprint density at radius 1 is 0.483 bits per heavy atom. The number of nitrogens with zero attached hydrogens (tertiary/aromatic N) is 2. The fourth-order valence-electron chi connectivity index (χ4n) is 7.28. The Kier molecular flexibility index (Phi) is 13.6. The van der Waals surface area contributed by atoms with Gasteiger partial charge < -0.3 is 39.1 Å². The van der Waals surface area contributed by atoms with Crippen molar-refractivity contribution in [1.29, 1.82) is 0 Å². The summed E-state index contributed by atoms with van der Waals surface area (Å²) < 4.78 is 19.7. The highest BCUT2D eigenvalue weighted by Gasteiger charge is 2.25. The third kappa shape index (κ3) is 9.68. The number of methoxy groups -OCH3 is 4. The van der Waals surface area contributed by atoms with Crippen LogP contribution in [0.15, 0.2) is 24.3 Å². The molecule has 8 bridgehead atoms. The number of carboxylic acid groups (broad SMARTS) is 2. The van der Waals surface area contributed by atoms with Crippen molar-refractivity contribution in [2.24, 2.45) is 0 Å². The number of carbonyl (C=O) groups excluding carboxylic acids is 4. The first-order chi connectivity index (χ1) is 27.7. The zero-order valence-corrected chi connectivity index (χ0v) is 33.3. The lowest BCUT2D eigenvalue weighted by Crippen LogP contribution is -2.06. The van der Waals surface area contributed by atoms with Crippen LogP contribution in [0, 0.1) is 0 Å². The molecular weight excluding hydrogens is 752 g/mol. The van der Waals surface area contributed by atoms with Gasteiger partial charge in [-0.25, -0.2) is 9.97 Å².